The summed E-state index contributed by atoms with van der Waals surface area (Å²) in [5.74, 6) is 0.719. The fourth-order valence-electron chi connectivity index (χ4n) is 3.37. The molecule has 1 unspecified atom stereocenters. The summed E-state index contributed by atoms with van der Waals surface area (Å²) in [6.45, 7) is 2.17. The first-order valence-electron chi connectivity index (χ1n) is 7.24. The van der Waals surface area contributed by atoms with Gasteiger partial charge in [0, 0.05) is 36.0 Å². The van der Waals surface area contributed by atoms with Gasteiger partial charge >= 0.3 is 0 Å². The number of hydrogen-bond donors (Lipinski definition) is 0. The van der Waals surface area contributed by atoms with Crippen molar-refractivity contribution in [3.05, 3.63) is 35.5 Å². The highest BCUT2D eigenvalue weighted by Crippen LogP contribution is 2.30. The monoisotopic (exact) mass is 255 g/mol. The fourth-order valence-corrected chi connectivity index (χ4v) is 3.37. The van der Waals surface area contributed by atoms with Gasteiger partial charge in [0.25, 0.3) is 0 Å². The highest BCUT2D eigenvalue weighted by atomic mass is 16.1. The predicted octanol–water partition coefficient (Wildman–Crippen LogP) is 3.79. The van der Waals surface area contributed by atoms with Crippen LogP contribution in [-0.4, -0.2) is 10.4 Å². The first kappa shape index (κ1) is 12.5. The number of para-hydroxylation sites is 1. The normalized spacial score (nSPS) is 20.1. The van der Waals surface area contributed by atoms with Gasteiger partial charge in [0.1, 0.15) is 5.78 Å². The molecule has 0 saturated heterocycles. The smallest absolute Gasteiger partial charge is 0.136 e. The third-order valence-corrected chi connectivity index (χ3v) is 4.66. The minimum atomic E-state index is 0.248. The summed E-state index contributed by atoms with van der Waals surface area (Å²) >= 11 is 0. The molecule has 0 bridgehead atoms. The van der Waals surface area contributed by atoms with Gasteiger partial charge in [-0.15, -0.1) is 0 Å². The lowest BCUT2D eigenvalue weighted by Gasteiger charge is -2.20. The maximum absolute atomic E-state index is 12.0. The molecule has 1 aliphatic carbocycles. The van der Waals surface area contributed by atoms with Crippen LogP contribution in [0.5, 0.6) is 0 Å². The molecule has 1 fully saturated rings. The van der Waals surface area contributed by atoms with E-state index in [0.29, 0.717) is 5.78 Å². The minimum absolute atomic E-state index is 0.248. The van der Waals surface area contributed by atoms with Gasteiger partial charge in [-0.25, -0.2) is 0 Å². The van der Waals surface area contributed by atoms with Crippen molar-refractivity contribution in [2.45, 2.75) is 39.0 Å². The first-order chi connectivity index (χ1) is 9.18. The maximum Gasteiger partial charge on any atom is 0.136 e. The van der Waals surface area contributed by atoms with Crippen LogP contribution in [0.3, 0.4) is 0 Å². The molecule has 0 radical (unpaired) electrons. The number of aryl methyl sites for hydroxylation is 1. The topological polar surface area (TPSA) is 22.0 Å². The summed E-state index contributed by atoms with van der Waals surface area (Å²) in [4.78, 5) is 12.0. The second-order valence-electron chi connectivity index (χ2n) is 5.75. The average Bonchev–Trinajstić information content (AvgIpc) is 2.67. The summed E-state index contributed by atoms with van der Waals surface area (Å²) < 4.78 is 2.25. The summed E-state index contributed by atoms with van der Waals surface area (Å²) in [5, 5.41) is 1.32. The Morgan fingerprint density at radius 2 is 2.05 bits per heavy atom. The van der Waals surface area contributed by atoms with E-state index in [9.17, 15) is 4.79 Å². The Bertz CT molecular complexity index is 623. The number of fused-ring (bicyclic) bond motifs is 1. The number of Topliss-reactive ketones (excluding diaryl/α,β-unsaturated/α-hetero) is 1. The lowest BCUT2D eigenvalue weighted by atomic mass is 9.83. The molecule has 0 spiro atoms. The summed E-state index contributed by atoms with van der Waals surface area (Å²) in [6, 6.07) is 8.52. The third kappa shape index (κ3) is 2.09. The Morgan fingerprint density at radius 1 is 1.26 bits per heavy atom. The number of ketones is 1. The highest BCUT2D eigenvalue weighted by molar-refractivity contribution is 5.87. The van der Waals surface area contributed by atoms with Crippen LogP contribution in [-0.2, 0) is 18.3 Å². The molecule has 2 aromatic rings. The van der Waals surface area contributed by atoms with Crippen molar-refractivity contribution < 1.29 is 4.79 Å². The van der Waals surface area contributed by atoms with Crippen LogP contribution in [0.25, 0.3) is 10.9 Å². The van der Waals surface area contributed by atoms with E-state index in [1.807, 2.05) is 0 Å². The molecule has 1 aromatic carbocycles. The molecular formula is C17H21NO. The average molecular weight is 255 g/mol. The van der Waals surface area contributed by atoms with Crippen molar-refractivity contribution in [1.29, 1.82) is 0 Å². The van der Waals surface area contributed by atoms with E-state index in [-0.39, 0.29) is 5.92 Å². The van der Waals surface area contributed by atoms with Gasteiger partial charge in [-0.05, 0) is 37.8 Å². The third-order valence-electron chi connectivity index (χ3n) is 4.66. The summed E-state index contributed by atoms with van der Waals surface area (Å²) in [6.07, 6.45) is 5.08. The van der Waals surface area contributed by atoms with Gasteiger partial charge in [-0.3, -0.25) is 4.79 Å². The van der Waals surface area contributed by atoms with E-state index >= 15 is 0 Å². The molecule has 3 rings (SSSR count). The van der Waals surface area contributed by atoms with Crippen LogP contribution in [0.2, 0.25) is 0 Å². The zero-order valence-corrected chi connectivity index (χ0v) is 11.8. The largest absolute Gasteiger partial charge is 0.348 e. The molecule has 1 aromatic heterocycles. The molecule has 1 saturated carbocycles. The Morgan fingerprint density at radius 3 is 2.84 bits per heavy atom. The lowest BCUT2D eigenvalue weighted by Crippen LogP contribution is -2.21. The number of rotatable bonds is 2. The van der Waals surface area contributed by atoms with Crippen molar-refractivity contribution in [1.82, 2.24) is 4.57 Å². The van der Waals surface area contributed by atoms with Gasteiger partial charge in [0.05, 0.1) is 0 Å². The summed E-state index contributed by atoms with van der Waals surface area (Å²) in [7, 11) is 2.11. The van der Waals surface area contributed by atoms with E-state index < -0.39 is 0 Å². The van der Waals surface area contributed by atoms with E-state index in [1.54, 1.807) is 0 Å². The van der Waals surface area contributed by atoms with E-state index in [1.165, 1.54) is 28.6 Å². The second-order valence-corrected chi connectivity index (χ2v) is 5.75. The SMILES string of the molecule is Cc1c(CC2CCCCC2=O)c2ccccc2n1C. The molecule has 1 atom stereocenters. The molecule has 0 amide bonds. The number of carbonyl (C=O) groups excluding carboxylic acids is 1. The van der Waals surface area contributed by atoms with Crippen LogP contribution >= 0.6 is 0 Å². The molecule has 1 heterocycles. The summed E-state index contributed by atoms with van der Waals surface area (Å²) in [5.41, 5.74) is 3.95. The molecule has 2 nitrogen and oxygen atoms in total. The Hall–Kier alpha value is -1.57. The molecular weight excluding hydrogens is 234 g/mol. The van der Waals surface area contributed by atoms with Crippen LogP contribution in [0, 0.1) is 12.8 Å². The van der Waals surface area contributed by atoms with Crippen LogP contribution in [0.15, 0.2) is 24.3 Å². The van der Waals surface area contributed by atoms with E-state index in [2.05, 4.69) is 42.8 Å². The van der Waals surface area contributed by atoms with Crippen molar-refractivity contribution in [3.63, 3.8) is 0 Å². The van der Waals surface area contributed by atoms with E-state index in [0.717, 1.165) is 25.7 Å². The van der Waals surface area contributed by atoms with Crippen molar-refractivity contribution >= 4 is 16.7 Å². The molecule has 0 N–H and O–H groups in total. The molecule has 100 valence electrons. The molecule has 19 heavy (non-hydrogen) atoms. The Balaban J connectivity index is 2.00. The van der Waals surface area contributed by atoms with Gasteiger partial charge in [0.15, 0.2) is 0 Å². The van der Waals surface area contributed by atoms with E-state index in [4.69, 9.17) is 0 Å². The van der Waals surface area contributed by atoms with Crippen LogP contribution in [0.4, 0.5) is 0 Å². The van der Waals surface area contributed by atoms with Gasteiger partial charge in [-0.2, -0.15) is 0 Å². The standard InChI is InChI=1S/C17H21NO/c1-12-15(11-13-7-3-6-10-17(13)19)14-8-4-5-9-16(14)18(12)2/h4-5,8-9,13H,3,6-7,10-11H2,1-2H3. The first-order valence-corrected chi connectivity index (χ1v) is 7.24. The van der Waals surface area contributed by atoms with Gasteiger partial charge < -0.3 is 4.57 Å². The van der Waals surface area contributed by atoms with Crippen molar-refractivity contribution in [2.24, 2.45) is 13.0 Å². The molecule has 0 aliphatic heterocycles. The van der Waals surface area contributed by atoms with Crippen molar-refractivity contribution in [3.8, 4) is 0 Å². The zero-order chi connectivity index (χ0) is 13.4. The van der Waals surface area contributed by atoms with Crippen molar-refractivity contribution in [2.75, 3.05) is 0 Å². The fraction of sp³-hybridized carbons (Fsp3) is 0.471. The van der Waals surface area contributed by atoms with Gasteiger partial charge in [-0.1, -0.05) is 24.6 Å². The number of carbonyl (C=O) groups is 1. The molecule has 1 aliphatic rings. The Labute approximate surface area is 114 Å². The minimum Gasteiger partial charge on any atom is -0.348 e. The molecule has 2 heteroatoms. The van der Waals surface area contributed by atoms with Gasteiger partial charge in [0.2, 0.25) is 0 Å². The maximum atomic E-state index is 12.0. The Kier molecular flexibility index (Phi) is 3.17. The zero-order valence-electron chi connectivity index (χ0n) is 11.8. The highest BCUT2D eigenvalue weighted by Gasteiger charge is 2.24. The lowest BCUT2D eigenvalue weighted by molar-refractivity contribution is -0.124. The second kappa shape index (κ2) is 4.84. The van der Waals surface area contributed by atoms with Crippen LogP contribution < -0.4 is 0 Å². The number of nitrogens with zero attached hydrogens (tertiary/aromatic N) is 1. The number of hydrogen-bond acceptors (Lipinski definition) is 1. The number of benzene rings is 1. The predicted molar refractivity (Wildman–Crippen MR) is 78.3 cm³/mol. The quantitative estimate of drug-likeness (QED) is 0.800. The number of aromatic nitrogens is 1. The van der Waals surface area contributed by atoms with Crippen LogP contribution in [0.1, 0.15) is 36.9 Å².